The molecule has 1 atom stereocenters. The SMILES string of the molecule is CCOc1ccc(S(=O)(=O)N(CC(=O)N(Cc2ccccc2F)[C@@H](Cc2ccccc2)C(=O)NC)c2ccccc2)cc1. The van der Waals surface area contributed by atoms with Crippen LogP contribution in [0.15, 0.2) is 114 Å². The maximum atomic E-state index is 14.9. The van der Waals surface area contributed by atoms with Gasteiger partial charge in [0, 0.05) is 25.6 Å². The lowest BCUT2D eigenvalue weighted by Gasteiger charge is -2.33. The van der Waals surface area contributed by atoms with Gasteiger partial charge < -0.3 is 15.0 Å². The van der Waals surface area contributed by atoms with Gasteiger partial charge in [0.2, 0.25) is 11.8 Å². The van der Waals surface area contributed by atoms with E-state index in [1.165, 1.54) is 42.3 Å². The molecule has 8 nitrogen and oxygen atoms in total. The molecule has 0 aliphatic rings. The van der Waals surface area contributed by atoms with Crippen molar-refractivity contribution in [2.75, 3.05) is 24.5 Å². The quantitative estimate of drug-likeness (QED) is 0.237. The van der Waals surface area contributed by atoms with Gasteiger partial charge >= 0.3 is 0 Å². The summed E-state index contributed by atoms with van der Waals surface area (Å²) in [5.41, 5.74) is 1.23. The third kappa shape index (κ3) is 7.78. The van der Waals surface area contributed by atoms with E-state index in [-0.39, 0.29) is 29.1 Å². The molecule has 0 fully saturated rings. The smallest absolute Gasteiger partial charge is 0.264 e. The van der Waals surface area contributed by atoms with Crippen LogP contribution in [-0.2, 0) is 32.6 Å². The molecule has 2 amide bonds. The molecule has 0 saturated heterocycles. The summed E-state index contributed by atoms with van der Waals surface area (Å²) in [5.74, 6) is -1.17. The van der Waals surface area contributed by atoms with Gasteiger partial charge in [-0.05, 0) is 55.0 Å². The van der Waals surface area contributed by atoms with Crippen LogP contribution in [0.25, 0.3) is 0 Å². The van der Waals surface area contributed by atoms with E-state index in [1.54, 1.807) is 48.5 Å². The van der Waals surface area contributed by atoms with Gasteiger partial charge in [-0.1, -0.05) is 66.7 Å². The van der Waals surface area contributed by atoms with Crippen LogP contribution < -0.4 is 14.4 Å². The minimum absolute atomic E-state index is 0.0413. The number of likely N-dealkylation sites (N-methyl/N-ethyl adjacent to an activating group) is 1. The summed E-state index contributed by atoms with van der Waals surface area (Å²) in [5, 5.41) is 2.61. The Labute approximate surface area is 251 Å². The van der Waals surface area contributed by atoms with Gasteiger partial charge in [-0.25, -0.2) is 12.8 Å². The molecule has 0 bridgehead atoms. The van der Waals surface area contributed by atoms with Crippen LogP contribution in [0.3, 0.4) is 0 Å². The third-order valence-electron chi connectivity index (χ3n) is 6.86. The minimum atomic E-state index is -4.25. The number of nitrogens with one attached hydrogen (secondary N) is 1. The van der Waals surface area contributed by atoms with E-state index >= 15 is 0 Å². The van der Waals surface area contributed by atoms with Crippen LogP contribution in [-0.4, -0.2) is 51.4 Å². The number of halogens is 1. The number of rotatable bonds is 13. The fourth-order valence-electron chi connectivity index (χ4n) is 4.66. The first-order valence-corrected chi connectivity index (χ1v) is 15.3. The molecule has 10 heteroatoms. The monoisotopic (exact) mass is 603 g/mol. The van der Waals surface area contributed by atoms with E-state index in [0.717, 1.165) is 9.87 Å². The number of benzene rings is 4. The lowest BCUT2D eigenvalue weighted by Crippen LogP contribution is -2.53. The van der Waals surface area contributed by atoms with Crippen molar-refractivity contribution in [1.82, 2.24) is 10.2 Å². The first kappa shape index (κ1) is 31.2. The number of carbonyl (C=O) groups excluding carboxylic acids is 2. The molecule has 0 radical (unpaired) electrons. The lowest BCUT2D eigenvalue weighted by molar-refractivity contribution is -0.139. The van der Waals surface area contributed by atoms with Crippen LogP contribution in [0.2, 0.25) is 0 Å². The van der Waals surface area contributed by atoms with Crippen molar-refractivity contribution in [3.05, 3.63) is 126 Å². The van der Waals surface area contributed by atoms with Gasteiger partial charge in [0.05, 0.1) is 17.2 Å². The summed E-state index contributed by atoms with van der Waals surface area (Å²) in [4.78, 5) is 28.7. The molecule has 0 aromatic heterocycles. The second kappa shape index (κ2) is 14.5. The number of anilines is 1. The molecule has 0 spiro atoms. The number of para-hydroxylation sites is 1. The Morgan fingerprint density at radius 1 is 0.860 bits per heavy atom. The van der Waals surface area contributed by atoms with E-state index in [1.807, 2.05) is 37.3 Å². The number of sulfonamides is 1. The van der Waals surface area contributed by atoms with Crippen molar-refractivity contribution >= 4 is 27.5 Å². The fraction of sp³-hybridized carbons (Fsp3) is 0.212. The summed E-state index contributed by atoms with van der Waals surface area (Å²) in [6.07, 6.45) is 0.137. The second-order valence-corrected chi connectivity index (χ2v) is 11.5. The lowest BCUT2D eigenvalue weighted by atomic mass is 10.0. The van der Waals surface area contributed by atoms with Gasteiger partial charge in [-0.15, -0.1) is 0 Å². The van der Waals surface area contributed by atoms with Crippen molar-refractivity contribution in [2.24, 2.45) is 0 Å². The highest BCUT2D eigenvalue weighted by atomic mass is 32.2. The molecular formula is C33H34FN3O5S. The molecule has 43 heavy (non-hydrogen) atoms. The average molecular weight is 604 g/mol. The van der Waals surface area contributed by atoms with Gasteiger partial charge in [-0.3, -0.25) is 13.9 Å². The number of ether oxygens (including phenoxy) is 1. The standard InChI is InChI=1S/C33H34FN3O5S/c1-3-42-28-18-20-29(21-19-28)43(40,41)37(27-15-8-5-9-16-27)24-32(38)36(23-26-14-10-11-17-30(26)34)31(33(39)35-2)22-25-12-6-4-7-13-25/h4-21,31H,3,22-24H2,1-2H3,(H,35,39)/t31-/m0/s1. The molecule has 0 saturated carbocycles. The Kier molecular flexibility index (Phi) is 10.5. The molecule has 4 aromatic rings. The first-order chi connectivity index (χ1) is 20.7. The van der Waals surface area contributed by atoms with Crippen LogP contribution in [0.5, 0.6) is 5.75 Å². The van der Waals surface area contributed by atoms with Crippen molar-refractivity contribution in [3.8, 4) is 5.75 Å². The van der Waals surface area contributed by atoms with Crippen LogP contribution >= 0.6 is 0 Å². The Morgan fingerprint density at radius 2 is 1.47 bits per heavy atom. The average Bonchev–Trinajstić information content (AvgIpc) is 3.03. The molecule has 0 aliphatic carbocycles. The van der Waals surface area contributed by atoms with Gasteiger partial charge in [-0.2, -0.15) is 0 Å². The minimum Gasteiger partial charge on any atom is -0.494 e. The molecule has 0 heterocycles. The first-order valence-electron chi connectivity index (χ1n) is 13.8. The highest BCUT2D eigenvalue weighted by molar-refractivity contribution is 7.92. The topological polar surface area (TPSA) is 96.0 Å². The summed E-state index contributed by atoms with van der Waals surface area (Å²) in [6.45, 7) is 1.37. The van der Waals surface area contributed by atoms with Crippen molar-refractivity contribution < 1.29 is 27.1 Å². The number of nitrogens with zero attached hydrogens (tertiary/aromatic N) is 2. The Bertz CT molecular complexity index is 1620. The van der Waals surface area contributed by atoms with E-state index in [9.17, 15) is 22.4 Å². The van der Waals surface area contributed by atoms with E-state index in [2.05, 4.69) is 5.32 Å². The highest BCUT2D eigenvalue weighted by Gasteiger charge is 2.34. The summed E-state index contributed by atoms with van der Waals surface area (Å²) in [6, 6.07) is 28.2. The molecule has 4 aromatic carbocycles. The van der Waals surface area contributed by atoms with Crippen molar-refractivity contribution in [3.63, 3.8) is 0 Å². The maximum Gasteiger partial charge on any atom is 0.264 e. The summed E-state index contributed by atoms with van der Waals surface area (Å²) < 4.78 is 49.3. The summed E-state index contributed by atoms with van der Waals surface area (Å²) in [7, 11) is -2.79. The molecular weight excluding hydrogens is 569 g/mol. The van der Waals surface area contributed by atoms with Crippen LogP contribution in [0, 0.1) is 5.82 Å². The Morgan fingerprint density at radius 3 is 2.07 bits per heavy atom. The number of carbonyl (C=O) groups is 2. The van der Waals surface area contributed by atoms with Crippen LogP contribution in [0.1, 0.15) is 18.1 Å². The molecule has 224 valence electrons. The largest absolute Gasteiger partial charge is 0.494 e. The Hall–Kier alpha value is -4.70. The zero-order valence-corrected chi connectivity index (χ0v) is 24.8. The molecule has 0 aliphatic heterocycles. The zero-order chi connectivity index (χ0) is 30.8. The number of amides is 2. The number of hydrogen-bond donors (Lipinski definition) is 1. The molecule has 1 N–H and O–H groups in total. The van der Waals surface area contributed by atoms with E-state index < -0.39 is 40.2 Å². The van der Waals surface area contributed by atoms with Crippen molar-refractivity contribution in [1.29, 1.82) is 0 Å². The number of hydrogen-bond acceptors (Lipinski definition) is 5. The predicted octanol–water partition coefficient (Wildman–Crippen LogP) is 4.81. The summed E-state index contributed by atoms with van der Waals surface area (Å²) >= 11 is 0. The molecule has 0 unspecified atom stereocenters. The van der Waals surface area contributed by atoms with Crippen molar-refractivity contribution in [2.45, 2.75) is 30.8 Å². The van der Waals surface area contributed by atoms with Gasteiger partial charge in [0.15, 0.2) is 0 Å². The highest BCUT2D eigenvalue weighted by Crippen LogP contribution is 2.26. The Balaban J connectivity index is 1.76. The molecule has 4 rings (SSSR count). The zero-order valence-electron chi connectivity index (χ0n) is 24.0. The predicted molar refractivity (Wildman–Crippen MR) is 164 cm³/mol. The fourth-order valence-corrected chi connectivity index (χ4v) is 6.07. The van der Waals surface area contributed by atoms with Gasteiger partial charge in [0.1, 0.15) is 24.2 Å². The van der Waals surface area contributed by atoms with Crippen LogP contribution in [0.4, 0.5) is 10.1 Å². The second-order valence-electron chi connectivity index (χ2n) is 9.68. The van der Waals surface area contributed by atoms with Gasteiger partial charge in [0.25, 0.3) is 10.0 Å². The third-order valence-corrected chi connectivity index (χ3v) is 8.65. The maximum absolute atomic E-state index is 14.9. The normalized spacial score (nSPS) is 11.8. The van der Waals surface area contributed by atoms with E-state index in [0.29, 0.717) is 12.4 Å². The van der Waals surface area contributed by atoms with E-state index in [4.69, 9.17) is 4.74 Å².